The Balaban J connectivity index is 2.02. The van der Waals surface area contributed by atoms with Gasteiger partial charge in [0, 0.05) is 0 Å². The molecular formula is C17H21O4P. The lowest BCUT2D eigenvalue weighted by atomic mass is 10.2. The molecule has 22 heavy (non-hydrogen) atoms. The molecule has 0 radical (unpaired) electrons. The molecule has 0 aromatic heterocycles. The van der Waals surface area contributed by atoms with Crippen LogP contribution < -0.4 is 0 Å². The lowest BCUT2D eigenvalue weighted by Crippen LogP contribution is -2.11. The lowest BCUT2D eigenvalue weighted by Gasteiger charge is -2.22. The Morgan fingerprint density at radius 1 is 0.909 bits per heavy atom. The molecule has 0 aliphatic heterocycles. The Kier molecular flexibility index (Phi) is 6.34. The van der Waals surface area contributed by atoms with Gasteiger partial charge in [0.15, 0.2) is 5.85 Å². The first kappa shape index (κ1) is 16.9. The van der Waals surface area contributed by atoms with Crippen LogP contribution in [0.1, 0.15) is 24.5 Å². The van der Waals surface area contributed by atoms with E-state index >= 15 is 0 Å². The molecule has 0 amide bonds. The van der Waals surface area contributed by atoms with Gasteiger partial charge in [0.05, 0.1) is 13.2 Å². The van der Waals surface area contributed by atoms with Gasteiger partial charge in [-0.1, -0.05) is 67.6 Å². The van der Waals surface area contributed by atoms with Crippen molar-refractivity contribution in [3.63, 3.8) is 0 Å². The van der Waals surface area contributed by atoms with Crippen molar-refractivity contribution in [2.75, 3.05) is 0 Å². The number of benzene rings is 2. The first-order chi connectivity index (χ1) is 10.6. The van der Waals surface area contributed by atoms with Crippen LogP contribution in [0.15, 0.2) is 60.7 Å². The molecule has 2 aromatic rings. The Morgan fingerprint density at radius 3 is 1.68 bits per heavy atom. The highest BCUT2D eigenvalue weighted by atomic mass is 31.2. The molecule has 0 bridgehead atoms. The fourth-order valence-corrected chi connectivity index (χ4v) is 3.43. The van der Waals surface area contributed by atoms with Crippen LogP contribution in [0.25, 0.3) is 0 Å². The number of hydrogen-bond donors (Lipinski definition) is 1. The smallest absolute Gasteiger partial charge is 0.359 e. The van der Waals surface area contributed by atoms with Crippen LogP contribution in [-0.2, 0) is 26.8 Å². The van der Waals surface area contributed by atoms with E-state index in [4.69, 9.17) is 9.05 Å². The van der Waals surface area contributed by atoms with Crippen molar-refractivity contribution in [3.05, 3.63) is 71.8 Å². The second-order valence-corrected chi connectivity index (χ2v) is 7.14. The molecule has 1 atom stereocenters. The second-order valence-electron chi connectivity index (χ2n) is 4.95. The van der Waals surface area contributed by atoms with E-state index in [1.165, 1.54) is 0 Å². The van der Waals surface area contributed by atoms with Crippen molar-refractivity contribution in [1.82, 2.24) is 0 Å². The maximum Gasteiger partial charge on any atom is 0.359 e. The van der Waals surface area contributed by atoms with Crippen LogP contribution in [0.3, 0.4) is 0 Å². The van der Waals surface area contributed by atoms with Gasteiger partial charge in [-0.15, -0.1) is 0 Å². The molecule has 5 heteroatoms. The molecule has 0 saturated carbocycles. The Morgan fingerprint density at radius 2 is 1.32 bits per heavy atom. The fraction of sp³-hybridized carbons (Fsp3) is 0.294. The van der Waals surface area contributed by atoms with Gasteiger partial charge in [-0.3, -0.25) is 4.57 Å². The monoisotopic (exact) mass is 320 g/mol. The molecule has 0 heterocycles. The Labute approximate surface area is 131 Å². The first-order valence-corrected chi connectivity index (χ1v) is 8.90. The summed E-state index contributed by atoms with van der Waals surface area (Å²) < 4.78 is 23.7. The molecule has 0 unspecified atom stereocenters. The standard InChI is InChI=1S/C17H21O4P/c1-2-17(18)22(19,20-13-15-9-5-3-6-10-15)21-14-16-11-7-4-8-12-16/h3-12,17-18H,2,13-14H2,1H3/t17-/m0/s1. The van der Waals surface area contributed by atoms with Crippen LogP contribution in [0.4, 0.5) is 0 Å². The molecule has 118 valence electrons. The van der Waals surface area contributed by atoms with Crippen molar-refractivity contribution in [1.29, 1.82) is 0 Å². The minimum absolute atomic E-state index is 0.143. The predicted molar refractivity (Wildman–Crippen MR) is 86.4 cm³/mol. The largest absolute Gasteiger partial charge is 0.380 e. The maximum atomic E-state index is 12.8. The van der Waals surface area contributed by atoms with Crippen LogP contribution in [0, 0.1) is 0 Å². The fourth-order valence-electron chi connectivity index (χ4n) is 1.91. The summed E-state index contributed by atoms with van der Waals surface area (Å²) in [6, 6.07) is 18.8. The minimum Gasteiger partial charge on any atom is -0.380 e. The number of hydrogen-bond acceptors (Lipinski definition) is 4. The predicted octanol–water partition coefficient (Wildman–Crippen LogP) is 4.34. The third kappa shape index (κ3) is 4.79. The maximum absolute atomic E-state index is 12.8. The molecular weight excluding hydrogens is 299 g/mol. The zero-order chi connectivity index (χ0) is 15.8. The topological polar surface area (TPSA) is 55.8 Å². The Hall–Kier alpha value is -1.45. The summed E-state index contributed by atoms with van der Waals surface area (Å²) in [5.41, 5.74) is 1.77. The third-order valence-corrected chi connectivity index (χ3v) is 5.31. The summed E-state index contributed by atoms with van der Waals surface area (Å²) in [6.45, 7) is 2.03. The average molecular weight is 320 g/mol. The summed E-state index contributed by atoms with van der Waals surface area (Å²) in [5.74, 6) is -1.13. The highest BCUT2D eigenvalue weighted by molar-refractivity contribution is 7.54. The molecule has 2 rings (SSSR count). The molecule has 0 saturated heterocycles. The van der Waals surface area contributed by atoms with Crippen LogP contribution in [0.5, 0.6) is 0 Å². The highest BCUT2D eigenvalue weighted by Gasteiger charge is 2.33. The quantitative estimate of drug-likeness (QED) is 0.735. The van der Waals surface area contributed by atoms with E-state index in [-0.39, 0.29) is 13.2 Å². The minimum atomic E-state index is -3.59. The van der Waals surface area contributed by atoms with E-state index in [9.17, 15) is 9.67 Å². The van der Waals surface area contributed by atoms with Crippen molar-refractivity contribution >= 4 is 7.60 Å². The van der Waals surface area contributed by atoms with Crippen LogP contribution >= 0.6 is 7.60 Å². The van der Waals surface area contributed by atoms with E-state index in [2.05, 4.69) is 0 Å². The van der Waals surface area contributed by atoms with Crippen LogP contribution in [-0.4, -0.2) is 11.0 Å². The molecule has 2 aromatic carbocycles. The van der Waals surface area contributed by atoms with Crippen molar-refractivity contribution in [2.45, 2.75) is 32.4 Å². The molecule has 0 aliphatic carbocycles. The average Bonchev–Trinajstić information content (AvgIpc) is 2.59. The molecule has 0 aliphatic rings. The van der Waals surface area contributed by atoms with Gasteiger partial charge in [0.25, 0.3) is 0 Å². The van der Waals surface area contributed by atoms with E-state index in [1.807, 2.05) is 60.7 Å². The molecule has 0 spiro atoms. The highest BCUT2D eigenvalue weighted by Crippen LogP contribution is 2.54. The van der Waals surface area contributed by atoms with Gasteiger partial charge < -0.3 is 14.2 Å². The number of aliphatic hydroxyl groups excluding tert-OH is 1. The van der Waals surface area contributed by atoms with Gasteiger partial charge in [-0.2, -0.15) is 0 Å². The van der Waals surface area contributed by atoms with Gasteiger partial charge in [-0.25, -0.2) is 0 Å². The van der Waals surface area contributed by atoms with Crippen molar-refractivity contribution in [3.8, 4) is 0 Å². The summed E-state index contributed by atoms with van der Waals surface area (Å²) >= 11 is 0. The SMILES string of the molecule is CC[C@@H](O)P(=O)(OCc1ccccc1)OCc1ccccc1. The zero-order valence-electron chi connectivity index (χ0n) is 12.6. The summed E-state index contributed by atoms with van der Waals surface area (Å²) in [6.07, 6.45) is 0.306. The van der Waals surface area contributed by atoms with E-state index in [1.54, 1.807) is 6.92 Å². The first-order valence-electron chi connectivity index (χ1n) is 7.29. The van der Waals surface area contributed by atoms with E-state index < -0.39 is 13.4 Å². The summed E-state index contributed by atoms with van der Waals surface area (Å²) in [7, 11) is -3.59. The lowest BCUT2D eigenvalue weighted by molar-refractivity contribution is 0.130. The van der Waals surface area contributed by atoms with Gasteiger partial charge in [0.1, 0.15) is 0 Å². The number of aliphatic hydroxyl groups is 1. The van der Waals surface area contributed by atoms with Gasteiger partial charge in [0.2, 0.25) is 0 Å². The normalized spacial score (nSPS) is 13.0. The number of rotatable bonds is 8. The summed E-state index contributed by atoms with van der Waals surface area (Å²) in [4.78, 5) is 0. The Bertz CT molecular complexity index is 553. The summed E-state index contributed by atoms with van der Waals surface area (Å²) in [5, 5.41) is 10.0. The van der Waals surface area contributed by atoms with Crippen molar-refractivity contribution < 1.29 is 18.7 Å². The third-order valence-electron chi connectivity index (χ3n) is 3.24. The van der Waals surface area contributed by atoms with Crippen molar-refractivity contribution in [2.24, 2.45) is 0 Å². The molecule has 4 nitrogen and oxygen atoms in total. The van der Waals surface area contributed by atoms with Crippen LogP contribution in [0.2, 0.25) is 0 Å². The second kappa shape index (κ2) is 8.25. The van der Waals surface area contributed by atoms with E-state index in [0.717, 1.165) is 11.1 Å². The van der Waals surface area contributed by atoms with E-state index in [0.29, 0.717) is 6.42 Å². The van der Waals surface area contributed by atoms with Gasteiger partial charge in [-0.05, 0) is 17.5 Å². The van der Waals surface area contributed by atoms with Gasteiger partial charge >= 0.3 is 7.60 Å². The molecule has 0 fully saturated rings. The molecule has 1 N–H and O–H groups in total. The zero-order valence-corrected chi connectivity index (χ0v) is 13.5.